The molecule has 1 amide bonds. The van der Waals surface area contributed by atoms with Crippen LogP contribution in [-0.4, -0.2) is 31.6 Å². The molecule has 0 aliphatic heterocycles. The van der Waals surface area contributed by atoms with E-state index in [4.69, 9.17) is 0 Å². The van der Waals surface area contributed by atoms with Crippen LogP contribution in [0.2, 0.25) is 0 Å². The first-order valence-electron chi connectivity index (χ1n) is 7.31. The van der Waals surface area contributed by atoms with Gasteiger partial charge in [-0.05, 0) is 47.1 Å². The second-order valence-corrected chi connectivity index (χ2v) is 8.15. The van der Waals surface area contributed by atoms with Crippen LogP contribution in [-0.2, 0) is 17.1 Å². The SMILES string of the molecule is Cc1c(S(=O)(=O)NCC(F)(F)F)cc(C(=O)Nc2ccc(F)c(Br)c2)n1C. The fourth-order valence-corrected chi connectivity index (χ4v) is 3.87. The Morgan fingerprint density at radius 3 is 2.44 bits per heavy atom. The van der Waals surface area contributed by atoms with Gasteiger partial charge in [-0.15, -0.1) is 0 Å². The van der Waals surface area contributed by atoms with Gasteiger partial charge < -0.3 is 9.88 Å². The number of amides is 1. The number of carbonyl (C=O) groups excluding carboxylic acids is 1. The lowest BCUT2D eigenvalue weighted by Gasteiger charge is -2.09. The van der Waals surface area contributed by atoms with Crippen LogP contribution in [0.1, 0.15) is 16.2 Å². The first-order chi connectivity index (χ1) is 12.3. The maximum absolute atomic E-state index is 13.2. The van der Waals surface area contributed by atoms with E-state index >= 15 is 0 Å². The van der Waals surface area contributed by atoms with Gasteiger partial charge in [0.05, 0.1) is 4.47 Å². The lowest BCUT2D eigenvalue weighted by Crippen LogP contribution is -2.33. The number of hydrogen-bond donors (Lipinski definition) is 2. The second-order valence-electron chi connectivity index (χ2n) is 5.56. The van der Waals surface area contributed by atoms with Crippen molar-refractivity contribution in [3.8, 4) is 0 Å². The molecule has 6 nitrogen and oxygen atoms in total. The van der Waals surface area contributed by atoms with Crippen LogP contribution in [0.4, 0.5) is 23.2 Å². The molecule has 0 saturated carbocycles. The van der Waals surface area contributed by atoms with Gasteiger partial charge in [0, 0.05) is 18.4 Å². The van der Waals surface area contributed by atoms with Crippen molar-refractivity contribution in [1.29, 1.82) is 0 Å². The van der Waals surface area contributed by atoms with E-state index in [9.17, 15) is 30.8 Å². The van der Waals surface area contributed by atoms with Crippen molar-refractivity contribution in [2.24, 2.45) is 7.05 Å². The lowest BCUT2D eigenvalue weighted by molar-refractivity contribution is -0.121. The number of anilines is 1. The average Bonchev–Trinajstić information content (AvgIpc) is 2.85. The summed E-state index contributed by atoms with van der Waals surface area (Å²) in [6.07, 6.45) is -4.72. The van der Waals surface area contributed by atoms with Crippen LogP contribution in [0.25, 0.3) is 0 Å². The Hall–Kier alpha value is -1.92. The number of aromatic nitrogens is 1. The quantitative estimate of drug-likeness (QED) is 0.656. The lowest BCUT2D eigenvalue weighted by atomic mass is 10.3. The summed E-state index contributed by atoms with van der Waals surface area (Å²) < 4.78 is 77.2. The zero-order valence-corrected chi connectivity index (χ0v) is 16.4. The van der Waals surface area contributed by atoms with E-state index in [1.54, 1.807) is 0 Å². The van der Waals surface area contributed by atoms with Crippen LogP contribution >= 0.6 is 15.9 Å². The van der Waals surface area contributed by atoms with Crippen LogP contribution < -0.4 is 10.0 Å². The number of halogens is 5. The molecule has 0 radical (unpaired) electrons. The van der Waals surface area contributed by atoms with Gasteiger partial charge in [-0.3, -0.25) is 4.79 Å². The molecule has 0 unspecified atom stereocenters. The molecule has 0 bridgehead atoms. The van der Waals surface area contributed by atoms with Gasteiger partial charge in [-0.2, -0.15) is 13.2 Å². The number of rotatable bonds is 5. The zero-order chi connectivity index (χ0) is 20.6. The molecule has 12 heteroatoms. The molecule has 1 heterocycles. The Kier molecular flexibility index (Phi) is 6.02. The molecule has 0 atom stereocenters. The van der Waals surface area contributed by atoms with E-state index in [1.807, 2.05) is 0 Å². The van der Waals surface area contributed by atoms with E-state index in [2.05, 4.69) is 21.2 Å². The molecule has 2 aromatic rings. The van der Waals surface area contributed by atoms with E-state index in [0.29, 0.717) is 0 Å². The summed E-state index contributed by atoms with van der Waals surface area (Å²) >= 11 is 2.97. The Morgan fingerprint density at radius 2 is 1.89 bits per heavy atom. The fourth-order valence-electron chi connectivity index (χ4n) is 2.18. The van der Waals surface area contributed by atoms with Gasteiger partial charge in [-0.25, -0.2) is 17.5 Å². The smallest absolute Gasteiger partial charge is 0.343 e. The second kappa shape index (κ2) is 7.60. The summed E-state index contributed by atoms with van der Waals surface area (Å²) in [6.45, 7) is -0.373. The number of nitrogens with zero attached hydrogens (tertiary/aromatic N) is 1. The number of sulfonamides is 1. The summed E-state index contributed by atoms with van der Waals surface area (Å²) in [7, 11) is -3.08. The fraction of sp³-hybridized carbons (Fsp3) is 0.267. The highest BCUT2D eigenvalue weighted by molar-refractivity contribution is 9.10. The summed E-state index contributed by atoms with van der Waals surface area (Å²) in [5.74, 6) is -1.25. The Bertz CT molecular complexity index is 987. The largest absolute Gasteiger partial charge is 0.402 e. The molecule has 1 aromatic heterocycles. The third-order valence-corrected chi connectivity index (χ3v) is 5.78. The Morgan fingerprint density at radius 1 is 1.26 bits per heavy atom. The number of nitrogens with one attached hydrogen (secondary N) is 2. The predicted octanol–water partition coefficient (Wildman–Crippen LogP) is 3.33. The van der Waals surface area contributed by atoms with Gasteiger partial charge in [0.1, 0.15) is 23.0 Å². The molecule has 1 aromatic carbocycles. The number of carbonyl (C=O) groups is 1. The summed E-state index contributed by atoms with van der Waals surface area (Å²) in [4.78, 5) is 12.0. The average molecular weight is 472 g/mol. The third-order valence-electron chi connectivity index (χ3n) is 3.65. The van der Waals surface area contributed by atoms with E-state index in [1.165, 1.54) is 35.4 Å². The van der Waals surface area contributed by atoms with Crippen molar-refractivity contribution in [2.45, 2.75) is 18.0 Å². The highest BCUT2D eigenvalue weighted by Crippen LogP contribution is 2.23. The minimum absolute atomic E-state index is 0.0788. The normalized spacial score (nSPS) is 12.3. The molecule has 0 fully saturated rings. The van der Waals surface area contributed by atoms with Crippen molar-refractivity contribution < 1.29 is 30.8 Å². The zero-order valence-electron chi connectivity index (χ0n) is 14.0. The van der Waals surface area contributed by atoms with Crippen LogP contribution in [0.3, 0.4) is 0 Å². The molecule has 0 spiro atoms. The minimum atomic E-state index is -4.72. The molecule has 0 aliphatic rings. The molecular weight excluding hydrogens is 458 g/mol. The minimum Gasteiger partial charge on any atom is -0.343 e. The number of alkyl halides is 3. The number of hydrogen-bond acceptors (Lipinski definition) is 3. The van der Waals surface area contributed by atoms with Crippen LogP contribution in [0.15, 0.2) is 33.6 Å². The topological polar surface area (TPSA) is 80.2 Å². The highest BCUT2D eigenvalue weighted by atomic mass is 79.9. The van der Waals surface area contributed by atoms with Gasteiger partial charge >= 0.3 is 6.18 Å². The van der Waals surface area contributed by atoms with Crippen molar-refractivity contribution in [3.63, 3.8) is 0 Å². The van der Waals surface area contributed by atoms with Gasteiger partial charge in [0.15, 0.2) is 0 Å². The maximum atomic E-state index is 13.2. The first kappa shape index (κ1) is 21.4. The first-order valence-corrected chi connectivity index (χ1v) is 9.58. The Labute approximate surface area is 160 Å². The van der Waals surface area contributed by atoms with E-state index in [0.717, 1.165) is 12.1 Å². The van der Waals surface area contributed by atoms with Crippen molar-refractivity contribution in [1.82, 2.24) is 9.29 Å². The molecule has 2 rings (SSSR count). The van der Waals surface area contributed by atoms with Crippen molar-refractivity contribution in [3.05, 3.63) is 45.9 Å². The van der Waals surface area contributed by atoms with E-state index in [-0.39, 0.29) is 21.5 Å². The van der Waals surface area contributed by atoms with Gasteiger partial charge in [-0.1, -0.05) is 0 Å². The van der Waals surface area contributed by atoms with Gasteiger partial charge in [0.2, 0.25) is 10.0 Å². The number of benzene rings is 1. The molecule has 2 N–H and O–H groups in total. The molecule has 0 saturated heterocycles. The van der Waals surface area contributed by atoms with Crippen LogP contribution in [0.5, 0.6) is 0 Å². The van der Waals surface area contributed by atoms with E-state index < -0.39 is 39.4 Å². The molecular formula is C15H14BrF4N3O3S. The maximum Gasteiger partial charge on any atom is 0.402 e. The Balaban J connectivity index is 2.30. The van der Waals surface area contributed by atoms with Gasteiger partial charge in [0.25, 0.3) is 5.91 Å². The monoisotopic (exact) mass is 471 g/mol. The van der Waals surface area contributed by atoms with Crippen LogP contribution in [0, 0.1) is 12.7 Å². The molecule has 148 valence electrons. The third kappa shape index (κ3) is 5.08. The molecule has 27 heavy (non-hydrogen) atoms. The van der Waals surface area contributed by atoms with Crippen molar-refractivity contribution in [2.75, 3.05) is 11.9 Å². The predicted molar refractivity (Wildman–Crippen MR) is 93.4 cm³/mol. The highest BCUT2D eigenvalue weighted by Gasteiger charge is 2.32. The summed E-state index contributed by atoms with van der Waals surface area (Å²) in [6, 6.07) is 4.71. The standard InChI is InChI=1S/C15H14BrF4N3O3S/c1-8-13(27(25,26)21-7-15(18,19)20)6-12(23(8)2)14(24)22-9-3-4-11(17)10(16)5-9/h3-6,21H,7H2,1-2H3,(H,22,24). The summed E-state index contributed by atoms with van der Waals surface area (Å²) in [5.41, 5.74) is 0.224. The summed E-state index contributed by atoms with van der Waals surface area (Å²) in [5, 5.41) is 2.46. The molecule has 0 aliphatic carbocycles. The van der Waals surface area contributed by atoms with Crippen molar-refractivity contribution >= 4 is 37.5 Å².